The summed E-state index contributed by atoms with van der Waals surface area (Å²) in [6.45, 7) is 2.01. The Bertz CT molecular complexity index is 574. The van der Waals surface area contributed by atoms with Gasteiger partial charge >= 0.3 is 0 Å². The van der Waals surface area contributed by atoms with Crippen LogP contribution in [0.5, 0.6) is 0 Å². The van der Waals surface area contributed by atoms with Gasteiger partial charge in [0.15, 0.2) is 0 Å². The summed E-state index contributed by atoms with van der Waals surface area (Å²) >= 11 is 3.41. The number of aromatic amines is 1. The van der Waals surface area contributed by atoms with Crippen molar-refractivity contribution < 1.29 is 4.79 Å². The van der Waals surface area contributed by atoms with Crippen LogP contribution in [0.4, 0.5) is 0 Å². The van der Waals surface area contributed by atoms with Crippen molar-refractivity contribution in [3.8, 4) is 0 Å². The molecular formula is C12H12BrN3O. The lowest BCUT2D eigenvalue weighted by molar-refractivity contribution is -0.118. The molecule has 0 bridgehead atoms. The first-order chi connectivity index (χ1) is 8.16. The average Bonchev–Trinajstić information content (AvgIpc) is 2.66. The number of nitrogens with zero attached hydrogens (tertiary/aromatic N) is 1. The molecular weight excluding hydrogens is 282 g/mol. The SMILES string of the molecule is CC(=O)NCC=Cc1n[nH]c2cc(Br)ccc12. The van der Waals surface area contributed by atoms with Crippen LogP contribution in [0, 0.1) is 0 Å². The van der Waals surface area contributed by atoms with Gasteiger partial charge in [0.1, 0.15) is 0 Å². The molecule has 17 heavy (non-hydrogen) atoms. The molecule has 0 saturated heterocycles. The molecule has 0 fully saturated rings. The number of H-pyrrole nitrogens is 1. The lowest BCUT2D eigenvalue weighted by Crippen LogP contribution is -2.19. The molecule has 5 heteroatoms. The van der Waals surface area contributed by atoms with Crippen LogP contribution in [-0.2, 0) is 4.79 Å². The van der Waals surface area contributed by atoms with Crippen LogP contribution in [0.3, 0.4) is 0 Å². The van der Waals surface area contributed by atoms with E-state index in [0.29, 0.717) is 6.54 Å². The smallest absolute Gasteiger partial charge is 0.217 e. The Morgan fingerprint density at radius 3 is 3.18 bits per heavy atom. The number of nitrogens with one attached hydrogen (secondary N) is 2. The molecule has 1 aromatic carbocycles. The highest BCUT2D eigenvalue weighted by atomic mass is 79.9. The van der Waals surface area contributed by atoms with Crippen molar-refractivity contribution >= 4 is 38.8 Å². The van der Waals surface area contributed by atoms with E-state index in [0.717, 1.165) is 21.1 Å². The van der Waals surface area contributed by atoms with E-state index in [1.165, 1.54) is 6.92 Å². The first kappa shape index (κ1) is 11.9. The van der Waals surface area contributed by atoms with Crippen LogP contribution in [0.2, 0.25) is 0 Å². The Labute approximate surface area is 107 Å². The minimum Gasteiger partial charge on any atom is -0.353 e. The van der Waals surface area contributed by atoms with Crippen LogP contribution in [-0.4, -0.2) is 22.6 Å². The topological polar surface area (TPSA) is 57.8 Å². The summed E-state index contributed by atoms with van der Waals surface area (Å²) in [6.07, 6.45) is 3.77. The Morgan fingerprint density at radius 1 is 1.59 bits per heavy atom. The van der Waals surface area contributed by atoms with Gasteiger partial charge < -0.3 is 5.32 Å². The van der Waals surface area contributed by atoms with E-state index in [9.17, 15) is 4.79 Å². The van der Waals surface area contributed by atoms with Crippen molar-refractivity contribution in [2.24, 2.45) is 0 Å². The molecule has 0 aliphatic rings. The highest BCUT2D eigenvalue weighted by Crippen LogP contribution is 2.21. The number of halogens is 1. The van der Waals surface area contributed by atoms with Gasteiger partial charge in [-0.1, -0.05) is 22.0 Å². The number of benzene rings is 1. The molecule has 2 N–H and O–H groups in total. The zero-order valence-corrected chi connectivity index (χ0v) is 10.9. The van der Waals surface area contributed by atoms with Crippen molar-refractivity contribution in [2.75, 3.05) is 6.54 Å². The second-order valence-electron chi connectivity index (χ2n) is 3.64. The second-order valence-corrected chi connectivity index (χ2v) is 4.55. The average molecular weight is 294 g/mol. The zero-order chi connectivity index (χ0) is 12.3. The molecule has 0 spiro atoms. The van der Waals surface area contributed by atoms with Crippen LogP contribution >= 0.6 is 15.9 Å². The predicted molar refractivity (Wildman–Crippen MR) is 71.5 cm³/mol. The van der Waals surface area contributed by atoms with E-state index in [4.69, 9.17) is 0 Å². The van der Waals surface area contributed by atoms with Gasteiger partial charge in [-0.15, -0.1) is 0 Å². The van der Waals surface area contributed by atoms with Crippen LogP contribution < -0.4 is 5.32 Å². The zero-order valence-electron chi connectivity index (χ0n) is 9.33. The summed E-state index contributed by atoms with van der Waals surface area (Å²) in [5, 5.41) is 10.9. The summed E-state index contributed by atoms with van der Waals surface area (Å²) < 4.78 is 1.02. The summed E-state index contributed by atoms with van der Waals surface area (Å²) in [5.74, 6) is -0.0366. The number of aromatic nitrogens is 2. The minimum atomic E-state index is -0.0366. The fraction of sp³-hybridized carbons (Fsp3) is 0.167. The maximum Gasteiger partial charge on any atom is 0.217 e. The lowest BCUT2D eigenvalue weighted by atomic mass is 10.2. The Hall–Kier alpha value is -1.62. The van der Waals surface area contributed by atoms with E-state index < -0.39 is 0 Å². The maximum absolute atomic E-state index is 10.7. The van der Waals surface area contributed by atoms with Gasteiger partial charge in [-0.25, -0.2) is 0 Å². The highest BCUT2D eigenvalue weighted by molar-refractivity contribution is 9.10. The van der Waals surface area contributed by atoms with Crippen LogP contribution in [0.25, 0.3) is 17.0 Å². The fourth-order valence-corrected chi connectivity index (χ4v) is 1.87. The Balaban J connectivity index is 2.16. The molecule has 0 atom stereocenters. The summed E-state index contributed by atoms with van der Waals surface area (Å²) in [4.78, 5) is 10.7. The van der Waals surface area contributed by atoms with E-state index in [2.05, 4.69) is 31.4 Å². The van der Waals surface area contributed by atoms with E-state index in [1.54, 1.807) is 0 Å². The molecule has 0 aliphatic carbocycles. The minimum absolute atomic E-state index is 0.0366. The quantitative estimate of drug-likeness (QED) is 0.913. The molecule has 88 valence electrons. The third-order valence-electron chi connectivity index (χ3n) is 2.30. The van der Waals surface area contributed by atoms with E-state index in [-0.39, 0.29) is 5.91 Å². The third kappa shape index (κ3) is 2.94. The molecule has 2 rings (SSSR count). The molecule has 0 unspecified atom stereocenters. The number of amides is 1. The molecule has 4 nitrogen and oxygen atoms in total. The molecule has 1 heterocycles. The monoisotopic (exact) mass is 293 g/mol. The maximum atomic E-state index is 10.7. The molecule has 2 aromatic rings. The van der Waals surface area contributed by atoms with Crippen molar-refractivity contribution in [3.63, 3.8) is 0 Å². The van der Waals surface area contributed by atoms with Gasteiger partial charge in [0.25, 0.3) is 0 Å². The van der Waals surface area contributed by atoms with Gasteiger partial charge in [0.05, 0.1) is 11.2 Å². The van der Waals surface area contributed by atoms with Gasteiger partial charge in [-0.05, 0) is 24.3 Å². The lowest BCUT2D eigenvalue weighted by Gasteiger charge is -1.94. The standard InChI is InChI=1S/C12H12BrN3O/c1-8(17)14-6-2-3-11-10-5-4-9(13)7-12(10)16-15-11/h2-5,7H,6H2,1H3,(H,14,17)(H,15,16). The first-order valence-corrected chi connectivity index (χ1v) is 6.01. The Morgan fingerprint density at radius 2 is 2.41 bits per heavy atom. The number of rotatable bonds is 3. The van der Waals surface area contributed by atoms with Crippen LogP contribution in [0.1, 0.15) is 12.6 Å². The van der Waals surface area contributed by atoms with Gasteiger partial charge in [-0.2, -0.15) is 5.10 Å². The van der Waals surface area contributed by atoms with Crippen LogP contribution in [0.15, 0.2) is 28.7 Å². The van der Waals surface area contributed by atoms with Crippen molar-refractivity contribution in [3.05, 3.63) is 34.4 Å². The normalized spacial score (nSPS) is 11.2. The third-order valence-corrected chi connectivity index (χ3v) is 2.79. The van der Waals surface area contributed by atoms with E-state index >= 15 is 0 Å². The number of hydrogen-bond donors (Lipinski definition) is 2. The number of hydrogen-bond acceptors (Lipinski definition) is 2. The molecule has 1 aromatic heterocycles. The largest absolute Gasteiger partial charge is 0.353 e. The van der Waals surface area contributed by atoms with Gasteiger partial charge in [0.2, 0.25) is 5.91 Å². The van der Waals surface area contributed by atoms with E-state index in [1.807, 2.05) is 30.4 Å². The first-order valence-electron chi connectivity index (χ1n) is 5.21. The molecule has 0 saturated carbocycles. The highest BCUT2D eigenvalue weighted by Gasteiger charge is 2.02. The van der Waals surface area contributed by atoms with Crippen molar-refractivity contribution in [1.82, 2.24) is 15.5 Å². The second kappa shape index (κ2) is 5.14. The van der Waals surface area contributed by atoms with Gasteiger partial charge in [-0.3, -0.25) is 9.89 Å². The Kier molecular flexibility index (Phi) is 3.58. The fourth-order valence-electron chi connectivity index (χ4n) is 1.51. The molecule has 0 radical (unpaired) electrons. The number of carbonyl (C=O) groups excluding carboxylic acids is 1. The summed E-state index contributed by atoms with van der Waals surface area (Å²) in [7, 11) is 0. The van der Waals surface area contributed by atoms with Crippen molar-refractivity contribution in [2.45, 2.75) is 6.92 Å². The predicted octanol–water partition coefficient (Wildman–Crippen LogP) is 2.47. The number of fused-ring (bicyclic) bond motifs is 1. The summed E-state index contributed by atoms with van der Waals surface area (Å²) in [6, 6.07) is 5.96. The number of carbonyl (C=O) groups is 1. The molecule has 1 amide bonds. The van der Waals surface area contributed by atoms with Gasteiger partial charge in [0, 0.05) is 23.3 Å². The molecule has 0 aliphatic heterocycles. The van der Waals surface area contributed by atoms with Crippen molar-refractivity contribution in [1.29, 1.82) is 0 Å². The summed E-state index contributed by atoms with van der Waals surface area (Å²) in [5.41, 5.74) is 1.86.